The van der Waals surface area contributed by atoms with E-state index in [1.807, 2.05) is 17.5 Å². The number of H-pyrrole nitrogens is 1. The van der Waals surface area contributed by atoms with Gasteiger partial charge in [0.05, 0.1) is 30.0 Å². The third kappa shape index (κ3) is 4.30. The predicted molar refractivity (Wildman–Crippen MR) is 137 cm³/mol. The summed E-state index contributed by atoms with van der Waals surface area (Å²) in [5.74, 6) is 1.81. The number of fused-ring (bicyclic) bond motifs is 2. The molecular formula is C25H30N6O2S. The molecule has 34 heavy (non-hydrogen) atoms. The van der Waals surface area contributed by atoms with Crippen molar-refractivity contribution in [3.05, 3.63) is 41.4 Å². The molecule has 2 aliphatic heterocycles. The quantitative estimate of drug-likeness (QED) is 0.441. The van der Waals surface area contributed by atoms with Gasteiger partial charge in [0.2, 0.25) is 0 Å². The summed E-state index contributed by atoms with van der Waals surface area (Å²) in [7, 11) is 0. The van der Waals surface area contributed by atoms with Gasteiger partial charge in [-0.3, -0.25) is 9.80 Å². The highest BCUT2D eigenvalue weighted by molar-refractivity contribution is 7.19. The number of ether oxygens (including phenoxy) is 1. The van der Waals surface area contributed by atoms with Crippen molar-refractivity contribution in [3.8, 4) is 11.4 Å². The van der Waals surface area contributed by atoms with E-state index in [0.29, 0.717) is 0 Å². The van der Waals surface area contributed by atoms with Gasteiger partial charge in [0.1, 0.15) is 0 Å². The fraction of sp³-hybridized carbons (Fsp3) is 0.440. The van der Waals surface area contributed by atoms with Crippen molar-refractivity contribution in [2.45, 2.75) is 6.54 Å². The van der Waals surface area contributed by atoms with Crippen LogP contribution in [0.1, 0.15) is 4.88 Å². The molecule has 0 amide bonds. The van der Waals surface area contributed by atoms with Crippen LogP contribution in [0.15, 0.2) is 36.5 Å². The number of anilines is 1. The Bertz CT molecular complexity index is 1270. The lowest BCUT2D eigenvalue weighted by atomic mass is 10.1. The van der Waals surface area contributed by atoms with Crippen molar-refractivity contribution >= 4 is 38.3 Å². The maximum atomic E-state index is 9.20. The van der Waals surface area contributed by atoms with Crippen LogP contribution < -0.4 is 4.90 Å². The summed E-state index contributed by atoms with van der Waals surface area (Å²) in [4.78, 5) is 22.0. The number of aromatic amines is 1. The molecule has 8 nitrogen and oxygen atoms in total. The minimum Gasteiger partial charge on any atom is -0.395 e. The molecule has 0 unspecified atom stereocenters. The Kier molecular flexibility index (Phi) is 6.19. The fourth-order valence-electron chi connectivity index (χ4n) is 4.97. The molecule has 2 N–H and O–H groups in total. The van der Waals surface area contributed by atoms with Crippen molar-refractivity contribution in [1.29, 1.82) is 0 Å². The van der Waals surface area contributed by atoms with Crippen LogP contribution in [0.4, 0.5) is 5.82 Å². The number of piperazine rings is 1. The molecule has 1 aromatic carbocycles. The Morgan fingerprint density at radius 1 is 1.00 bits per heavy atom. The van der Waals surface area contributed by atoms with E-state index < -0.39 is 0 Å². The number of nitrogens with zero attached hydrogens (tertiary/aromatic N) is 5. The molecule has 0 saturated carbocycles. The molecule has 2 aliphatic rings. The van der Waals surface area contributed by atoms with Gasteiger partial charge in [0, 0.05) is 79.9 Å². The fourth-order valence-corrected chi connectivity index (χ4v) is 6.12. The van der Waals surface area contributed by atoms with E-state index in [9.17, 15) is 5.11 Å². The number of thiophene rings is 1. The third-order valence-corrected chi connectivity index (χ3v) is 7.92. The number of benzene rings is 1. The summed E-state index contributed by atoms with van der Waals surface area (Å²) in [5.41, 5.74) is 3.18. The van der Waals surface area contributed by atoms with Crippen molar-refractivity contribution < 1.29 is 9.84 Å². The molecule has 0 radical (unpaired) electrons. The Morgan fingerprint density at radius 2 is 1.82 bits per heavy atom. The molecule has 0 bridgehead atoms. The van der Waals surface area contributed by atoms with E-state index in [1.54, 1.807) is 0 Å². The Morgan fingerprint density at radius 3 is 2.65 bits per heavy atom. The summed E-state index contributed by atoms with van der Waals surface area (Å²) in [5, 5.41) is 10.3. The van der Waals surface area contributed by atoms with Gasteiger partial charge in [0.25, 0.3) is 0 Å². The van der Waals surface area contributed by atoms with Crippen LogP contribution >= 0.6 is 11.3 Å². The molecule has 0 aliphatic carbocycles. The van der Waals surface area contributed by atoms with Crippen molar-refractivity contribution in [3.63, 3.8) is 0 Å². The number of hydrogen-bond donors (Lipinski definition) is 2. The van der Waals surface area contributed by atoms with Gasteiger partial charge in [-0.1, -0.05) is 12.1 Å². The molecule has 6 rings (SSSR count). The maximum Gasteiger partial charge on any atom is 0.162 e. The van der Waals surface area contributed by atoms with Gasteiger partial charge in [-0.05, 0) is 18.2 Å². The standard InChI is InChI=1S/C25H30N6O2S/c32-13-10-29-6-8-30(9-7-29)17-18-16-22-23(34-18)25(31-11-14-33-15-12-31)28-24(27-22)20-2-1-3-21-19(20)4-5-26-21/h1-5,16,26,32H,6-15,17H2. The van der Waals surface area contributed by atoms with Gasteiger partial charge in [-0.25, -0.2) is 9.97 Å². The Hall–Kier alpha value is -2.56. The van der Waals surface area contributed by atoms with Crippen LogP contribution in [0, 0.1) is 0 Å². The minimum absolute atomic E-state index is 0.234. The maximum absolute atomic E-state index is 9.20. The van der Waals surface area contributed by atoms with Gasteiger partial charge in [-0.2, -0.15) is 0 Å². The van der Waals surface area contributed by atoms with E-state index in [1.165, 1.54) is 9.58 Å². The summed E-state index contributed by atoms with van der Waals surface area (Å²) in [6.45, 7) is 9.15. The van der Waals surface area contributed by atoms with Gasteiger partial charge in [-0.15, -0.1) is 11.3 Å². The van der Waals surface area contributed by atoms with Crippen LogP contribution in [0.5, 0.6) is 0 Å². The number of β-amino-alcohol motifs (C(OH)–C–C–N with tert-alkyl or cyclic N) is 1. The first-order valence-electron chi connectivity index (χ1n) is 12.0. The Balaban J connectivity index is 1.35. The van der Waals surface area contributed by atoms with Crippen LogP contribution in [-0.2, 0) is 11.3 Å². The SMILES string of the molecule is OCCN1CCN(Cc2cc3nc(-c4cccc5[nH]ccc45)nc(N4CCOCC4)c3s2)CC1. The van der Waals surface area contributed by atoms with E-state index in [2.05, 4.69) is 50.0 Å². The highest BCUT2D eigenvalue weighted by Crippen LogP contribution is 2.36. The number of morpholine rings is 1. The average Bonchev–Trinajstić information content (AvgIpc) is 3.52. The molecule has 0 spiro atoms. The topological polar surface area (TPSA) is 80.8 Å². The monoisotopic (exact) mass is 478 g/mol. The molecule has 178 valence electrons. The van der Waals surface area contributed by atoms with Gasteiger partial charge in [0.15, 0.2) is 11.6 Å². The zero-order valence-electron chi connectivity index (χ0n) is 19.2. The molecule has 9 heteroatoms. The molecule has 4 aromatic rings. The first-order chi connectivity index (χ1) is 16.8. The molecule has 0 atom stereocenters. The zero-order valence-corrected chi connectivity index (χ0v) is 20.1. The number of aliphatic hydroxyl groups excluding tert-OH is 1. The predicted octanol–water partition coefficient (Wildman–Crippen LogP) is 2.79. The van der Waals surface area contributed by atoms with Crippen LogP contribution in [-0.4, -0.2) is 95.5 Å². The lowest BCUT2D eigenvalue weighted by Gasteiger charge is -2.34. The second-order valence-electron chi connectivity index (χ2n) is 8.98. The number of nitrogens with one attached hydrogen (secondary N) is 1. The Labute approximate surface area is 202 Å². The van der Waals surface area contributed by atoms with E-state index in [0.717, 1.165) is 99.2 Å². The second-order valence-corrected chi connectivity index (χ2v) is 10.1. The largest absolute Gasteiger partial charge is 0.395 e. The van der Waals surface area contributed by atoms with Crippen LogP contribution in [0.2, 0.25) is 0 Å². The highest BCUT2D eigenvalue weighted by atomic mass is 32.1. The number of rotatable bonds is 6. The first-order valence-corrected chi connectivity index (χ1v) is 12.9. The van der Waals surface area contributed by atoms with Gasteiger partial charge >= 0.3 is 0 Å². The van der Waals surface area contributed by atoms with Crippen molar-refractivity contribution in [1.82, 2.24) is 24.8 Å². The minimum atomic E-state index is 0.234. The van der Waals surface area contributed by atoms with Crippen molar-refractivity contribution in [2.24, 2.45) is 0 Å². The normalized spacial score (nSPS) is 18.3. The van der Waals surface area contributed by atoms with E-state index in [4.69, 9.17) is 14.7 Å². The van der Waals surface area contributed by atoms with E-state index in [-0.39, 0.29) is 6.61 Å². The molecule has 3 aromatic heterocycles. The summed E-state index contributed by atoms with van der Waals surface area (Å²) < 4.78 is 6.78. The third-order valence-electron chi connectivity index (χ3n) is 6.81. The average molecular weight is 479 g/mol. The molecule has 2 saturated heterocycles. The van der Waals surface area contributed by atoms with Gasteiger partial charge < -0.3 is 19.7 Å². The number of hydrogen-bond acceptors (Lipinski definition) is 8. The zero-order chi connectivity index (χ0) is 22.9. The number of aromatic nitrogens is 3. The first kappa shape index (κ1) is 21.9. The molecule has 5 heterocycles. The summed E-state index contributed by atoms with van der Waals surface area (Å²) >= 11 is 1.82. The highest BCUT2D eigenvalue weighted by Gasteiger charge is 2.22. The molecular weight excluding hydrogens is 448 g/mol. The van der Waals surface area contributed by atoms with E-state index >= 15 is 0 Å². The number of aliphatic hydroxyl groups is 1. The summed E-state index contributed by atoms with van der Waals surface area (Å²) in [6.07, 6.45) is 1.97. The molecule has 2 fully saturated rings. The van der Waals surface area contributed by atoms with Crippen LogP contribution in [0.3, 0.4) is 0 Å². The second kappa shape index (κ2) is 9.59. The smallest absolute Gasteiger partial charge is 0.162 e. The summed E-state index contributed by atoms with van der Waals surface area (Å²) in [6, 6.07) is 10.6. The lowest BCUT2D eigenvalue weighted by Crippen LogP contribution is -2.46. The lowest BCUT2D eigenvalue weighted by molar-refractivity contribution is 0.109. The van der Waals surface area contributed by atoms with Crippen LogP contribution in [0.25, 0.3) is 32.5 Å². The van der Waals surface area contributed by atoms with Crippen molar-refractivity contribution in [2.75, 3.05) is 70.5 Å².